The maximum absolute atomic E-state index is 13.8. The number of para-hydroxylation sites is 1. The summed E-state index contributed by atoms with van der Waals surface area (Å²) in [5, 5.41) is 3.35. The van der Waals surface area contributed by atoms with Crippen LogP contribution < -0.4 is 10.2 Å². The summed E-state index contributed by atoms with van der Waals surface area (Å²) in [6.45, 7) is 0. The molecule has 2 saturated heterocycles. The fraction of sp³-hybridized carbons (Fsp3) is 0.364. The highest BCUT2D eigenvalue weighted by molar-refractivity contribution is 7.91. The van der Waals surface area contributed by atoms with Gasteiger partial charge in [-0.15, -0.1) is 0 Å². The number of halogens is 1. The van der Waals surface area contributed by atoms with Gasteiger partial charge in [0.05, 0.1) is 29.3 Å². The topological polar surface area (TPSA) is 49.4 Å². The van der Waals surface area contributed by atoms with Gasteiger partial charge in [-0.05, 0) is 24.4 Å². The van der Waals surface area contributed by atoms with Gasteiger partial charge in [-0.1, -0.05) is 12.1 Å². The van der Waals surface area contributed by atoms with E-state index >= 15 is 0 Å². The van der Waals surface area contributed by atoms with Crippen molar-refractivity contribution in [1.82, 2.24) is 5.32 Å². The summed E-state index contributed by atoms with van der Waals surface area (Å²) in [4.78, 5) is 1.58. The van der Waals surface area contributed by atoms with E-state index < -0.39 is 15.7 Å². The van der Waals surface area contributed by atoms with Crippen LogP contribution in [0, 0.1) is 5.82 Å². The quantitative estimate of drug-likeness (QED) is 0.770. The second-order valence-electron chi connectivity index (χ2n) is 4.52. The van der Waals surface area contributed by atoms with E-state index in [4.69, 9.17) is 12.2 Å². The Kier molecular flexibility index (Phi) is 2.56. The Morgan fingerprint density at radius 1 is 1.33 bits per heavy atom. The first kappa shape index (κ1) is 11.9. The summed E-state index contributed by atoms with van der Waals surface area (Å²) in [6, 6.07) is 5.71. The first-order chi connectivity index (χ1) is 8.48. The molecule has 2 heterocycles. The van der Waals surface area contributed by atoms with Crippen LogP contribution in [-0.4, -0.2) is 37.1 Å². The lowest BCUT2D eigenvalue weighted by molar-refractivity contribution is 0.600. The summed E-state index contributed by atoms with van der Waals surface area (Å²) in [7, 11) is -3.07. The SMILES string of the molecule is O=S1(=O)C[C@@H]2NC(=S)N(c3ccccc3F)[C@@H]2C1. The average Bonchev–Trinajstić information content (AvgIpc) is 2.70. The van der Waals surface area contributed by atoms with Gasteiger partial charge >= 0.3 is 0 Å². The number of nitrogens with one attached hydrogen (secondary N) is 1. The van der Waals surface area contributed by atoms with Gasteiger partial charge in [-0.25, -0.2) is 12.8 Å². The number of hydrogen-bond acceptors (Lipinski definition) is 3. The molecular formula is C11H11FN2O2S2. The number of thiocarbonyl (C=S) groups is 1. The first-order valence-corrected chi connectivity index (χ1v) is 7.75. The van der Waals surface area contributed by atoms with Crippen LogP contribution in [0.2, 0.25) is 0 Å². The second-order valence-corrected chi connectivity index (χ2v) is 7.06. The number of benzene rings is 1. The molecule has 1 N–H and O–H groups in total. The molecule has 3 rings (SSSR count). The van der Waals surface area contributed by atoms with Crippen molar-refractivity contribution >= 4 is 32.9 Å². The van der Waals surface area contributed by atoms with Crippen molar-refractivity contribution in [1.29, 1.82) is 0 Å². The normalized spacial score (nSPS) is 29.2. The van der Waals surface area contributed by atoms with Crippen molar-refractivity contribution in [2.45, 2.75) is 12.1 Å². The van der Waals surface area contributed by atoms with Gasteiger partial charge in [0.1, 0.15) is 5.82 Å². The van der Waals surface area contributed by atoms with Gasteiger partial charge in [-0.3, -0.25) is 0 Å². The third-order valence-electron chi connectivity index (χ3n) is 3.29. The summed E-state index contributed by atoms with van der Waals surface area (Å²) < 4.78 is 37.0. The Labute approximate surface area is 110 Å². The lowest BCUT2D eigenvalue weighted by Gasteiger charge is -2.23. The molecule has 1 aromatic rings. The molecule has 2 fully saturated rings. The van der Waals surface area contributed by atoms with Crippen molar-refractivity contribution in [2.24, 2.45) is 0 Å². The molecule has 0 aromatic heterocycles. The molecule has 2 aliphatic heterocycles. The minimum absolute atomic E-state index is 0.0130. The number of anilines is 1. The standard InChI is InChI=1S/C11H11FN2O2S2/c12-7-3-1-2-4-9(7)14-10-6-18(15,16)5-8(10)13-11(14)17/h1-4,8,10H,5-6H2,(H,13,17)/t8-,10+/m0/s1. The number of nitrogens with zero attached hydrogens (tertiary/aromatic N) is 1. The van der Waals surface area contributed by atoms with Crippen LogP contribution in [-0.2, 0) is 9.84 Å². The second kappa shape index (κ2) is 3.89. The van der Waals surface area contributed by atoms with Gasteiger partial charge in [0.2, 0.25) is 0 Å². The summed E-state index contributed by atoms with van der Waals surface area (Å²) in [5.74, 6) is -0.325. The lowest BCUT2D eigenvalue weighted by Crippen LogP contribution is -2.37. The molecule has 2 aliphatic rings. The summed E-state index contributed by atoms with van der Waals surface area (Å²) in [6.07, 6.45) is 0. The Morgan fingerprint density at radius 2 is 2.06 bits per heavy atom. The number of fused-ring (bicyclic) bond motifs is 1. The molecule has 0 unspecified atom stereocenters. The molecule has 0 amide bonds. The van der Waals surface area contributed by atoms with Crippen LogP contribution in [0.1, 0.15) is 0 Å². The smallest absolute Gasteiger partial charge is 0.174 e. The predicted molar refractivity (Wildman–Crippen MR) is 70.8 cm³/mol. The highest BCUT2D eigenvalue weighted by Gasteiger charge is 2.48. The molecule has 0 aliphatic carbocycles. The first-order valence-electron chi connectivity index (χ1n) is 5.53. The minimum atomic E-state index is -3.07. The number of hydrogen-bond donors (Lipinski definition) is 1. The third kappa shape index (κ3) is 1.78. The van der Waals surface area contributed by atoms with E-state index in [0.717, 1.165) is 0 Å². The monoisotopic (exact) mass is 286 g/mol. The van der Waals surface area contributed by atoms with Crippen LogP contribution in [0.4, 0.5) is 10.1 Å². The average molecular weight is 286 g/mol. The highest BCUT2D eigenvalue weighted by Crippen LogP contribution is 2.30. The van der Waals surface area contributed by atoms with Crippen LogP contribution in [0.3, 0.4) is 0 Å². The van der Waals surface area contributed by atoms with Gasteiger partial charge in [0, 0.05) is 0 Å². The van der Waals surface area contributed by atoms with E-state index in [-0.39, 0.29) is 23.6 Å². The van der Waals surface area contributed by atoms with E-state index in [2.05, 4.69) is 5.32 Å². The fourth-order valence-electron chi connectivity index (χ4n) is 2.54. The van der Waals surface area contributed by atoms with E-state index in [1.165, 1.54) is 6.07 Å². The van der Waals surface area contributed by atoms with E-state index in [9.17, 15) is 12.8 Å². The van der Waals surface area contributed by atoms with Crippen LogP contribution in [0.25, 0.3) is 0 Å². The van der Waals surface area contributed by atoms with Gasteiger partial charge in [0.15, 0.2) is 14.9 Å². The van der Waals surface area contributed by atoms with Crippen molar-refractivity contribution < 1.29 is 12.8 Å². The molecule has 18 heavy (non-hydrogen) atoms. The van der Waals surface area contributed by atoms with E-state index in [1.807, 2.05) is 0 Å². The van der Waals surface area contributed by atoms with Crippen molar-refractivity contribution in [2.75, 3.05) is 16.4 Å². The van der Waals surface area contributed by atoms with Crippen molar-refractivity contribution in [3.63, 3.8) is 0 Å². The maximum Gasteiger partial charge on any atom is 0.174 e. The summed E-state index contributed by atoms with van der Waals surface area (Å²) in [5.41, 5.74) is 0.333. The molecular weight excluding hydrogens is 275 g/mol. The van der Waals surface area contributed by atoms with Crippen LogP contribution in [0.5, 0.6) is 0 Å². The van der Waals surface area contributed by atoms with Crippen LogP contribution >= 0.6 is 12.2 Å². The molecule has 0 saturated carbocycles. The maximum atomic E-state index is 13.8. The highest BCUT2D eigenvalue weighted by atomic mass is 32.2. The fourth-order valence-corrected chi connectivity index (χ4v) is 4.81. The Bertz CT molecular complexity index is 617. The Balaban J connectivity index is 2.02. The van der Waals surface area contributed by atoms with E-state index in [0.29, 0.717) is 10.8 Å². The van der Waals surface area contributed by atoms with Crippen molar-refractivity contribution in [3.05, 3.63) is 30.1 Å². The van der Waals surface area contributed by atoms with E-state index in [1.54, 1.807) is 23.1 Å². The molecule has 7 heteroatoms. The lowest BCUT2D eigenvalue weighted by atomic mass is 10.1. The predicted octanol–water partition coefficient (Wildman–Crippen LogP) is 0.686. The molecule has 0 bridgehead atoms. The minimum Gasteiger partial charge on any atom is -0.356 e. The largest absolute Gasteiger partial charge is 0.356 e. The Hall–Kier alpha value is -1.21. The zero-order valence-electron chi connectivity index (χ0n) is 9.34. The number of sulfone groups is 1. The van der Waals surface area contributed by atoms with Gasteiger partial charge < -0.3 is 10.2 Å². The molecule has 0 spiro atoms. The molecule has 1 aromatic carbocycles. The van der Waals surface area contributed by atoms with Gasteiger partial charge in [-0.2, -0.15) is 0 Å². The molecule has 4 nitrogen and oxygen atoms in total. The Morgan fingerprint density at radius 3 is 2.78 bits per heavy atom. The van der Waals surface area contributed by atoms with Crippen molar-refractivity contribution in [3.8, 4) is 0 Å². The van der Waals surface area contributed by atoms with Gasteiger partial charge in [0.25, 0.3) is 0 Å². The third-order valence-corrected chi connectivity index (χ3v) is 5.32. The summed E-state index contributed by atoms with van der Waals surface area (Å²) >= 11 is 5.16. The molecule has 2 atom stereocenters. The van der Waals surface area contributed by atoms with Crippen LogP contribution in [0.15, 0.2) is 24.3 Å². The molecule has 96 valence electrons. The number of rotatable bonds is 1. The molecule has 0 radical (unpaired) electrons. The zero-order chi connectivity index (χ0) is 12.9. The zero-order valence-corrected chi connectivity index (χ0v) is 11.0.